The number of hydrogen-bond donors (Lipinski definition) is 0. The molecule has 1 fully saturated rings. The van der Waals surface area contributed by atoms with Crippen molar-refractivity contribution >= 4 is 24.9 Å². The first-order valence-electron chi connectivity index (χ1n) is 6.98. The number of carbonyl (C=O) groups excluding carboxylic acids is 1. The highest BCUT2D eigenvalue weighted by Crippen LogP contribution is 2.29. The number of nitrogens with zero attached hydrogens (tertiary/aromatic N) is 2. The lowest BCUT2D eigenvalue weighted by molar-refractivity contribution is -0.117. The summed E-state index contributed by atoms with van der Waals surface area (Å²) in [5.41, 5.74) is 5.59. The van der Waals surface area contributed by atoms with Crippen LogP contribution in [0.15, 0.2) is 36.7 Å². The van der Waals surface area contributed by atoms with Crippen LogP contribution in [0.3, 0.4) is 0 Å². The molecule has 0 atom stereocenters. The molecule has 1 aromatic heterocycles. The van der Waals surface area contributed by atoms with Gasteiger partial charge in [-0.3, -0.25) is 9.78 Å². The summed E-state index contributed by atoms with van der Waals surface area (Å²) in [5.74, 6) is 0.234. The second-order valence-electron chi connectivity index (χ2n) is 5.40. The number of rotatable bonds is 2. The second kappa shape index (κ2) is 5.12. The maximum absolute atomic E-state index is 11.8. The molecule has 0 radical (unpaired) electrons. The highest BCUT2D eigenvalue weighted by Gasteiger charge is 2.22. The maximum atomic E-state index is 11.8. The van der Waals surface area contributed by atoms with Crippen LogP contribution < -0.4 is 10.4 Å². The first-order valence-corrected chi connectivity index (χ1v) is 6.98. The molecule has 2 heterocycles. The van der Waals surface area contributed by atoms with E-state index in [1.165, 1.54) is 0 Å². The van der Waals surface area contributed by atoms with E-state index in [1.54, 1.807) is 0 Å². The zero-order valence-corrected chi connectivity index (χ0v) is 11.9. The van der Waals surface area contributed by atoms with Crippen LogP contribution in [0, 0.1) is 6.92 Å². The van der Waals surface area contributed by atoms with Gasteiger partial charge in [0, 0.05) is 31.0 Å². The van der Waals surface area contributed by atoms with Crippen LogP contribution in [-0.2, 0) is 4.79 Å². The molecule has 0 aliphatic carbocycles. The van der Waals surface area contributed by atoms with E-state index in [1.807, 2.05) is 25.1 Å². The monoisotopic (exact) mass is 264 g/mol. The Bertz CT molecular complexity index is 669. The van der Waals surface area contributed by atoms with E-state index in [0.29, 0.717) is 6.42 Å². The van der Waals surface area contributed by atoms with E-state index in [4.69, 9.17) is 0 Å². The van der Waals surface area contributed by atoms with E-state index >= 15 is 0 Å². The zero-order chi connectivity index (χ0) is 14.1. The van der Waals surface area contributed by atoms with Gasteiger partial charge in [-0.2, -0.15) is 0 Å². The van der Waals surface area contributed by atoms with Gasteiger partial charge in [-0.05, 0) is 42.2 Å². The van der Waals surface area contributed by atoms with Crippen molar-refractivity contribution in [2.24, 2.45) is 0 Å². The summed E-state index contributed by atoms with van der Waals surface area (Å²) in [5, 5.41) is 0. The van der Waals surface area contributed by atoms with Crippen LogP contribution in [0.1, 0.15) is 18.4 Å². The molecule has 3 rings (SSSR count). The van der Waals surface area contributed by atoms with Crippen molar-refractivity contribution in [3.8, 4) is 11.1 Å². The van der Waals surface area contributed by atoms with Crippen molar-refractivity contribution in [1.82, 2.24) is 4.98 Å². The number of carbonyl (C=O) groups is 1. The Labute approximate surface area is 120 Å². The standard InChI is InChI=1S/C16H17BN2O/c1-11-7-12(13-8-14(17)10-18-9-13)4-5-15(11)19-6-2-3-16(19)20/h4-5,7-10H,2-3,6,17H2,1H3. The van der Waals surface area contributed by atoms with Gasteiger partial charge in [0.25, 0.3) is 0 Å². The van der Waals surface area contributed by atoms with Gasteiger partial charge in [0.1, 0.15) is 7.85 Å². The van der Waals surface area contributed by atoms with E-state index in [9.17, 15) is 4.79 Å². The smallest absolute Gasteiger partial charge is 0.227 e. The molecule has 1 aliphatic heterocycles. The highest BCUT2D eigenvalue weighted by molar-refractivity contribution is 6.32. The van der Waals surface area contributed by atoms with Gasteiger partial charge in [-0.25, -0.2) is 0 Å². The third-order valence-electron chi connectivity index (χ3n) is 3.77. The average molecular weight is 264 g/mol. The molecule has 1 aliphatic rings. The quantitative estimate of drug-likeness (QED) is 0.769. The molecule has 0 N–H and O–H groups in total. The first-order chi connectivity index (χ1) is 9.65. The Hall–Kier alpha value is -2.10. The third kappa shape index (κ3) is 2.33. The lowest BCUT2D eigenvalue weighted by Crippen LogP contribution is -2.24. The van der Waals surface area contributed by atoms with Gasteiger partial charge in [-0.15, -0.1) is 0 Å². The normalized spacial score (nSPS) is 14.8. The minimum Gasteiger partial charge on any atom is -0.312 e. The van der Waals surface area contributed by atoms with Gasteiger partial charge in [0.05, 0.1) is 0 Å². The fourth-order valence-electron chi connectivity index (χ4n) is 2.75. The number of benzene rings is 1. The minimum atomic E-state index is 0.234. The molecule has 0 spiro atoms. The molecule has 100 valence electrons. The lowest BCUT2D eigenvalue weighted by Gasteiger charge is -2.19. The van der Waals surface area contributed by atoms with Crippen LogP contribution in [0.4, 0.5) is 5.69 Å². The van der Waals surface area contributed by atoms with Gasteiger partial charge in [0.2, 0.25) is 5.91 Å². The molecule has 1 saturated heterocycles. The first kappa shape index (κ1) is 12.9. The summed E-state index contributed by atoms with van der Waals surface area (Å²) in [4.78, 5) is 18.0. The highest BCUT2D eigenvalue weighted by atomic mass is 16.2. The van der Waals surface area contributed by atoms with E-state index in [0.717, 1.165) is 40.8 Å². The number of pyridine rings is 1. The molecule has 0 unspecified atom stereocenters. The summed E-state index contributed by atoms with van der Waals surface area (Å²) in [6.07, 6.45) is 5.36. The summed E-state index contributed by atoms with van der Waals surface area (Å²) < 4.78 is 0. The van der Waals surface area contributed by atoms with Crippen molar-refractivity contribution in [2.45, 2.75) is 19.8 Å². The number of anilines is 1. The Balaban J connectivity index is 1.97. The molecule has 20 heavy (non-hydrogen) atoms. The molecular weight excluding hydrogens is 247 g/mol. The van der Waals surface area contributed by atoms with Crippen LogP contribution in [0.2, 0.25) is 0 Å². The van der Waals surface area contributed by atoms with Crippen molar-refractivity contribution in [1.29, 1.82) is 0 Å². The van der Waals surface area contributed by atoms with Crippen LogP contribution in [-0.4, -0.2) is 25.3 Å². The molecule has 4 heteroatoms. The number of amides is 1. The Kier molecular flexibility index (Phi) is 3.31. The maximum Gasteiger partial charge on any atom is 0.227 e. The molecule has 3 nitrogen and oxygen atoms in total. The van der Waals surface area contributed by atoms with Gasteiger partial charge in [-0.1, -0.05) is 17.6 Å². The topological polar surface area (TPSA) is 33.2 Å². The largest absolute Gasteiger partial charge is 0.312 e. The van der Waals surface area contributed by atoms with E-state index < -0.39 is 0 Å². The fourth-order valence-corrected chi connectivity index (χ4v) is 2.75. The summed E-state index contributed by atoms with van der Waals surface area (Å²) in [7, 11) is 2.04. The average Bonchev–Trinajstić information content (AvgIpc) is 2.85. The van der Waals surface area contributed by atoms with Crippen molar-refractivity contribution in [2.75, 3.05) is 11.4 Å². The number of aromatic nitrogens is 1. The van der Waals surface area contributed by atoms with E-state index in [2.05, 4.69) is 36.2 Å². The zero-order valence-electron chi connectivity index (χ0n) is 11.9. The molecule has 2 aromatic rings. The van der Waals surface area contributed by atoms with Crippen molar-refractivity contribution < 1.29 is 4.79 Å². The number of hydrogen-bond acceptors (Lipinski definition) is 2. The predicted octanol–water partition coefficient (Wildman–Crippen LogP) is 1.44. The molecule has 0 saturated carbocycles. The Morgan fingerprint density at radius 2 is 2.05 bits per heavy atom. The minimum absolute atomic E-state index is 0.234. The van der Waals surface area contributed by atoms with Crippen molar-refractivity contribution in [3.63, 3.8) is 0 Å². The fraction of sp³-hybridized carbons (Fsp3) is 0.250. The van der Waals surface area contributed by atoms with Gasteiger partial charge < -0.3 is 4.90 Å². The lowest BCUT2D eigenvalue weighted by atomic mass is 9.94. The molecule has 0 bridgehead atoms. The molecule has 1 aromatic carbocycles. The third-order valence-corrected chi connectivity index (χ3v) is 3.77. The van der Waals surface area contributed by atoms with Crippen molar-refractivity contribution in [3.05, 3.63) is 42.2 Å². The predicted molar refractivity (Wildman–Crippen MR) is 84.2 cm³/mol. The summed E-state index contributed by atoms with van der Waals surface area (Å²) >= 11 is 0. The number of aryl methyl sites for hydroxylation is 1. The Morgan fingerprint density at radius 3 is 2.70 bits per heavy atom. The summed E-state index contributed by atoms with van der Waals surface area (Å²) in [6, 6.07) is 8.39. The second-order valence-corrected chi connectivity index (χ2v) is 5.40. The van der Waals surface area contributed by atoms with Crippen LogP contribution in [0.25, 0.3) is 11.1 Å². The Morgan fingerprint density at radius 1 is 1.20 bits per heavy atom. The van der Waals surface area contributed by atoms with Gasteiger partial charge >= 0.3 is 0 Å². The summed E-state index contributed by atoms with van der Waals surface area (Å²) in [6.45, 7) is 2.90. The molecule has 1 amide bonds. The van der Waals surface area contributed by atoms with Crippen LogP contribution in [0.5, 0.6) is 0 Å². The SMILES string of the molecule is Bc1cncc(-c2ccc(N3CCCC3=O)c(C)c2)c1. The van der Waals surface area contributed by atoms with Crippen LogP contribution >= 0.6 is 0 Å². The van der Waals surface area contributed by atoms with E-state index in [-0.39, 0.29) is 5.91 Å². The molecular formula is C16H17BN2O. The van der Waals surface area contributed by atoms with Gasteiger partial charge in [0.15, 0.2) is 0 Å².